The Hall–Kier alpha value is -0.750. The SMILES string of the molecule is C/C=C/C(F)(C(F)(F)F)C(F)(F)F. The van der Waals surface area contributed by atoms with E-state index in [2.05, 4.69) is 0 Å². The minimum Gasteiger partial charge on any atom is -0.219 e. The molecule has 0 unspecified atom stereocenters. The van der Waals surface area contributed by atoms with Gasteiger partial charge in [0.25, 0.3) is 0 Å². The van der Waals surface area contributed by atoms with Crippen molar-refractivity contribution in [3.63, 3.8) is 0 Å². The molecule has 0 aromatic carbocycles. The summed E-state index contributed by atoms with van der Waals surface area (Å²) in [6, 6.07) is 0. The first-order chi connectivity index (χ1) is 5.56. The highest BCUT2D eigenvalue weighted by Crippen LogP contribution is 2.46. The van der Waals surface area contributed by atoms with Gasteiger partial charge in [-0.1, -0.05) is 6.08 Å². The quantitative estimate of drug-likeness (QED) is 0.459. The third-order valence-electron chi connectivity index (χ3n) is 1.22. The molecule has 0 nitrogen and oxygen atoms in total. The molecule has 0 aliphatic carbocycles. The summed E-state index contributed by atoms with van der Waals surface area (Å²) in [5.74, 6) is 0. The molecule has 0 aromatic rings. The molecule has 0 aliphatic rings. The molecule has 0 spiro atoms. The smallest absolute Gasteiger partial charge is 0.219 e. The van der Waals surface area contributed by atoms with Gasteiger partial charge in [0.15, 0.2) is 0 Å². The fraction of sp³-hybridized carbons (Fsp3) is 0.667. The van der Waals surface area contributed by atoms with Gasteiger partial charge in [0, 0.05) is 0 Å². The van der Waals surface area contributed by atoms with Gasteiger partial charge in [-0.15, -0.1) is 0 Å². The molecular formula is C6H5F7. The van der Waals surface area contributed by atoms with Gasteiger partial charge in [-0.3, -0.25) is 0 Å². The van der Waals surface area contributed by atoms with Crippen molar-refractivity contribution in [3.8, 4) is 0 Å². The van der Waals surface area contributed by atoms with Crippen LogP contribution in [-0.2, 0) is 0 Å². The summed E-state index contributed by atoms with van der Waals surface area (Å²) in [6.45, 7) is 0.867. The molecule has 0 heterocycles. The fourth-order valence-electron chi connectivity index (χ4n) is 0.579. The second-order valence-electron chi connectivity index (χ2n) is 2.21. The lowest BCUT2D eigenvalue weighted by Gasteiger charge is -2.26. The summed E-state index contributed by atoms with van der Waals surface area (Å²) in [5.41, 5.74) is -5.26. The number of hydrogen-bond donors (Lipinski definition) is 0. The van der Waals surface area contributed by atoms with Gasteiger partial charge in [-0.2, -0.15) is 26.3 Å². The van der Waals surface area contributed by atoms with Gasteiger partial charge in [-0.05, 0) is 13.0 Å². The number of allylic oxidation sites excluding steroid dienone is 2. The van der Waals surface area contributed by atoms with E-state index >= 15 is 0 Å². The maximum absolute atomic E-state index is 12.5. The Bertz CT molecular complexity index is 182. The van der Waals surface area contributed by atoms with Crippen LogP contribution in [0.5, 0.6) is 0 Å². The zero-order valence-electron chi connectivity index (χ0n) is 6.30. The molecule has 0 rings (SSSR count). The molecule has 7 heteroatoms. The van der Waals surface area contributed by atoms with Gasteiger partial charge in [0.2, 0.25) is 0 Å². The van der Waals surface area contributed by atoms with E-state index in [0.29, 0.717) is 6.08 Å². The van der Waals surface area contributed by atoms with E-state index in [4.69, 9.17) is 0 Å². The van der Waals surface area contributed by atoms with E-state index < -0.39 is 24.1 Å². The molecule has 0 saturated carbocycles. The van der Waals surface area contributed by atoms with Crippen molar-refractivity contribution in [3.05, 3.63) is 12.2 Å². The predicted octanol–water partition coefficient (Wildman–Crippen LogP) is 3.40. The third kappa shape index (κ3) is 2.13. The first-order valence-electron chi connectivity index (χ1n) is 3.02. The normalized spacial score (nSPS) is 15.4. The third-order valence-corrected chi connectivity index (χ3v) is 1.22. The van der Waals surface area contributed by atoms with Gasteiger partial charge in [-0.25, -0.2) is 4.39 Å². The molecule has 0 aliphatic heterocycles. The Kier molecular flexibility index (Phi) is 3.01. The highest BCUT2D eigenvalue weighted by molar-refractivity contribution is 5.10. The molecule has 0 N–H and O–H groups in total. The van der Waals surface area contributed by atoms with E-state index in [0.717, 1.165) is 6.92 Å². The molecule has 0 saturated heterocycles. The molecule has 0 atom stereocenters. The molecule has 0 amide bonds. The van der Waals surface area contributed by atoms with Crippen molar-refractivity contribution in [1.82, 2.24) is 0 Å². The molecule has 78 valence electrons. The number of rotatable bonds is 1. The summed E-state index contributed by atoms with van der Waals surface area (Å²) >= 11 is 0. The number of hydrogen-bond acceptors (Lipinski definition) is 0. The molecule has 0 bridgehead atoms. The van der Waals surface area contributed by atoms with Gasteiger partial charge >= 0.3 is 18.0 Å². The highest BCUT2D eigenvalue weighted by atomic mass is 19.4. The predicted molar refractivity (Wildman–Crippen MR) is 30.8 cm³/mol. The number of alkyl halides is 7. The molecular weight excluding hydrogens is 205 g/mol. The summed E-state index contributed by atoms with van der Waals surface area (Å²) in [7, 11) is 0. The van der Waals surface area contributed by atoms with Gasteiger partial charge < -0.3 is 0 Å². The maximum atomic E-state index is 12.5. The number of halogens is 7. The topological polar surface area (TPSA) is 0 Å². The van der Waals surface area contributed by atoms with Crippen LogP contribution in [0.2, 0.25) is 0 Å². The summed E-state index contributed by atoms with van der Waals surface area (Å²) in [5, 5.41) is 0. The van der Waals surface area contributed by atoms with E-state index in [9.17, 15) is 30.7 Å². The standard InChI is InChI=1S/C6H5F7/c1-2-3-4(7,5(8,9)10)6(11,12)13/h2-3H,1H3/b3-2+. The monoisotopic (exact) mass is 210 g/mol. The van der Waals surface area contributed by atoms with Crippen LogP contribution in [0.3, 0.4) is 0 Å². The average molecular weight is 210 g/mol. The summed E-state index contributed by atoms with van der Waals surface area (Å²) < 4.78 is 82.3. The van der Waals surface area contributed by atoms with Crippen molar-refractivity contribution in [1.29, 1.82) is 0 Å². The van der Waals surface area contributed by atoms with E-state index in [1.807, 2.05) is 0 Å². The second-order valence-corrected chi connectivity index (χ2v) is 2.21. The van der Waals surface area contributed by atoms with Gasteiger partial charge in [0.1, 0.15) is 0 Å². The van der Waals surface area contributed by atoms with Gasteiger partial charge in [0.05, 0.1) is 0 Å². The Morgan fingerprint density at radius 2 is 1.08 bits per heavy atom. The lowest BCUT2D eigenvalue weighted by molar-refractivity contribution is -0.322. The first kappa shape index (κ1) is 12.2. The summed E-state index contributed by atoms with van der Waals surface area (Å²) in [6.07, 6.45) is -12.2. The van der Waals surface area contributed by atoms with Crippen LogP contribution >= 0.6 is 0 Å². The van der Waals surface area contributed by atoms with Crippen molar-refractivity contribution < 1.29 is 30.7 Å². The van der Waals surface area contributed by atoms with Crippen LogP contribution < -0.4 is 0 Å². The first-order valence-corrected chi connectivity index (χ1v) is 3.02. The van der Waals surface area contributed by atoms with E-state index in [-0.39, 0.29) is 0 Å². The summed E-state index contributed by atoms with van der Waals surface area (Å²) in [4.78, 5) is 0. The largest absolute Gasteiger partial charge is 0.435 e. The van der Waals surface area contributed by atoms with Crippen molar-refractivity contribution in [2.75, 3.05) is 0 Å². The van der Waals surface area contributed by atoms with Crippen LogP contribution in [0.25, 0.3) is 0 Å². The molecule has 0 aromatic heterocycles. The zero-order chi connectivity index (χ0) is 10.9. The van der Waals surface area contributed by atoms with Crippen LogP contribution in [-0.4, -0.2) is 18.0 Å². The minimum atomic E-state index is -5.99. The highest BCUT2D eigenvalue weighted by Gasteiger charge is 2.70. The van der Waals surface area contributed by atoms with E-state index in [1.165, 1.54) is 0 Å². The van der Waals surface area contributed by atoms with Crippen molar-refractivity contribution in [2.45, 2.75) is 24.9 Å². The Balaban J connectivity index is 5.21. The Morgan fingerprint density at radius 3 is 1.15 bits per heavy atom. The van der Waals surface area contributed by atoms with Crippen molar-refractivity contribution in [2.24, 2.45) is 0 Å². The lowest BCUT2D eigenvalue weighted by atomic mass is 10.1. The fourth-order valence-corrected chi connectivity index (χ4v) is 0.579. The van der Waals surface area contributed by atoms with Crippen LogP contribution in [0.4, 0.5) is 30.7 Å². The zero-order valence-corrected chi connectivity index (χ0v) is 6.30. The van der Waals surface area contributed by atoms with Crippen molar-refractivity contribution >= 4 is 0 Å². The molecule has 0 fully saturated rings. The Labute approximate surface area is 69.0 Å². The van der Waals surface area contributed by atoms with Crippen LogP contribution in [0.1, 0.15) is 6.92 Å². The molecule has 13 heavy (non-hydrogen) atoms. The van der Waals surface area contributed by atoms with E-state index in [1.54, 1.807) is 0 Å². The Morgan fingerprint density at radius 1 is 0.769 bits per heavy atom. The molecule has 0 radical (unpaired) electrons. The van der Waals surface area contributed by atoms with Crippen LogP contribution in [0.15, 0.2) is 12.2 Å². The maximum Gasteiger partial charge on any atom is 0.435 e. The second kappa shape index (κ2) is 3.19. The minimum absolute atomic E-state index is 0.362. The average Bonchev–Trinajstić information content (AvgIpc) is 1.82. The lowest BCUT2D eigenvalue weighted by Crippen LogP contribution is -2.51. The van der Waals surface area contributed by atoms with Crippen LogP contribution in [0, 0.1) is 0 Å².